The highest BCUT2D eigenvalue weighted by molar-refractivity contribution is 6.09. The summed E-state index contributed by atoms with van der Waals surface area (Å²) < 4.78 is 0. The number of carbonyl (C=O) groups excluding carboxylic acids is 2. The molecule has 1 aliphatic rings. The Morgan fingerprint density at radius 3 is 2.23 bits per heavy atom. The summed E-state index contributed by atoms with van der Waals surface area (Å²) in [5.74, 6) is 0.524. The molecule has 0 saturated heterocycles. The van der Waals surface area contributed by atoms with Crippen molar-refractivity contribution in [3.05, 3.63) is 102 Å². The van der Waals surface area contributed by atoms with E-state index in [-0.39, 0.29) is 23.7 Å². The van der Waals surface area contributed by atoms with Crippen LogP contribution in [-0.4, -0.2) is 42.9 Å². The highest BCUT2D eigenvalue weighted by atomic mass is 16.2. The number of fused-ring (bicyclic) bond motifs is 1. The van der Waals surface area contributed by atoms with E-state index in [4.69, 9.17) is 4.98 Å². The average molecular weight is 521 g/mol. The number of hydrogen-bond donors (Lipinski definition) is 2. The van der Waals surface area contributed by atoms with Gasteiger partial charge in [0.05, 0.1) is 11.4 Å². The molecular formula is C33H36N4O2. The van der Waals surface area contributed by atoms with Crippen LogP contribution >= 0.6 is 0 Å². The average Bonchev–Trinajstić information content (AvgIpc) is 2.97. The Morgan fingerprint density at radius 1 is 0.821 bits per heavy atom. The molecule has 0 aliphatic heterocycles. The van der Waals surface area contributed by atoms with Gasteiger partial charge >= 0.3 is 0 Å². The summed E-state index contributed by atoms with van der Waals surface area (Å²) in [5, 5.41) is 8.04. The topological polar surface area (TPSA) is 74.3 Å². The van der Waals surface area contributed by atoms with Gasteiger partial charge in [-0.05, 0) is 50.3 Å². The molecule has 1 fully saturated rings. The van der Waals surface area contributed by atoms with E-state index >= 15 is 0 Å². The van der Waals surface area contributed by atoms with Crippen LogP contribution in [0.25, 0.3) is 10.9 Å². The third-order valence-corrected chi connectivity index (χ3v) is 7.68. The number of anilines is 2. The van der Waals surface area contributed by atoms with Gasteiger partial charge in [0.25, 0.3) is 0 Å². The lowest BCUT2D eigenvalue weighted by Gasteiger charge is -2.31. The summed E-state index contributed by atoms with van der Waals surface area (Å²) in [6.07, 6.45) is 3.76. The molecule has 6 nitrogen and oxygen atoms in total. The van der Waals surface area contributed by atoms with Gasteiger partial charge in [0.15, 0.2) is 5.78 Å². The van der Waals surface area contributed by atoms with Crippen LogP contribution in [0.2, 0.25) is 0 Å². The van der Waals surface area contributed by atoms with Crippen molar-refractivity contribution in [2.24, 2.45) is 0 Å². The zero-order valence-corrected chi connectivity index (χ0v) is 22.9. The molecule has 1 saturated carbocycles. The van der Waals surface area contributed by atoms with Crippen molar-refractivity contribution in [2.75, 3.05) is 24.3 Å². The minimum absolute atomic E-state index is 0.00235. The Labute approximate surface area is 230 Å². The summed E-state index contributed by atoms with van der Waals surface area (Å²) >= 11 is 0. The number of benzene rings is 3. The van der Waals surface area contributed by atoms with Crippen LogP contribution in [0.15, 0.2) is 84.9 Å². The van der Waals surface area contributed by atoms with Gasteiger partial charge in [-0.3, -0.25) is 9.59 Å². The van der Waals surface area contributed by atoms with Crippen molar-refractivity contribution in [2.45, 2.75) is 50.6 Å². The van der Waals surface area contributed by atoms with Gasteiger partial charge in [-0.15, -0.1) is 0 Å². The normalized spacial score (nSPS) is 17.8. The number of pyridine rings is 1. The Bertz CT molecular complexity index is 1460. The quantitative estimate of drug-likeness (QED) is 0.272. The second-order valence-electron chi connectivity index (χ2n) is 10.7. The number of ketones is 1. The Morgan fingerprint density at radius 2 is 1.49 bits per heavy atom. The van der Waals surface area contributed by atoms with Gasteiger partial charge in [-0.2, -0.15) is 0 Å². The maximum atomic E-state index is 13.1. The first kappa shape index (κ1) is 26.4. The minimum atomic E-state index is -0.337. The smallest absolute Gasteiger partial charge is 0.227 e. The summed E-state index contributed by atoms with van der Waals surface area (Å²) in [4.78, 5) is 33.0. The third-order valence-electron chi connectivity index (χ3n) is 7.68. The van der Waals surface area contributed by atoms with Crippen LogP contribution in [0, 0.1) is 0 Å². The van der Waals surface area contributed by atoms with Gasteiger partial charge < -0.3 is 15.5 Å². The van der Waals surface area contributed by atoms with Crippen LogP contribution in [0.1, 0.15) is 60.0 Å². The van der Waals surface area contributed by atoms with Gasteiger partial charge in [0.1, 0.15) is 5.82 Å². The third kappa shape index (κ3) is 6.11. The molecule has 0 spiro atoms. The fourth-order valence-electron chi connectivity index (χ4n) is 5.38. The molecular weight excluding hydrogens is 484 g/mol. The standard InChI is InChI=1S/C33H36N4O2/c1-22(24-12-9-13-25(20-24)32(38)23-10-5-4-6-11-23)33(39)35-27-18-16-26(17-19-27)34-31-21-30(37(2)3)28-14-7-8-15-29(28)36-31/h4-15,20-22,26-27H,16-19H2,1-3H3,(H,34,36)(H,35,39)/t22?,26-,27+. The van der Waals surface area contributed by atoms with Crippen molar-refractivity contribution < 1.29 is 9.59 Å². The molecule has 3 aromatic carbocycles. The molecule has 1 heterocycles. The molecule has 2 N–H and O–H groups in total. The monoisotopic (exact) mass is 520 g/mol. The highest BCUT2D eigenvalue weighted by Gasteiger charge is 2.25. The van der Waals surface area contributed by atoms with Crippen molar-refractivity contribution >= 4 is 34.1 Å². The summed E-state index contributed by atoms with van der Waals surface area (Å²) in [7, 11) is 4.11. The number of carbonyl (C=O) groups is 2. The predicted molar refractivity (Wildman–Crippen MR) is 159 cm³/mol. The second-order valence-corrected chi connectivity index (χ2v) is 10.7. The van der Waals surface area contributed by atoms with Crippen LogP contribution in [-0.2, 0) is 4.79 Å². The number of rotatable bonds is 8. The van der Waals surface area contributed by atoms with E-state index in [1.807, 2.05) is 79.7 Å². The molecule has 0 bridgehead atoms. The number of hydrogen-bond acceptors (Lipinski definition) is 5. The SMILES string of the molecule is CC(C(=O)N[C@H]1CC[C@@H](Nc2cc(N(C)C)c3ccccc3n2)CC1)c1cccc(C(=O)c2ccccc2)c1. The minimum Gasteiger partial charge on any atom is -0.377 e. The zero-order chi connectivity index (χ0) is 27.4. The summed E-state index contributed by atoms with van der Waals surface area (Å²) in [5.41, 5.74) is 4.23. The molecule has 6 heteroatoms. The number of aromatic nitrogens is 1. The molecule has 5 rings (SSSR count). The van der Waals surface area contributed by atoms with Crippen LogP contribution in [0.5, 0.6) is 0 Å². The number of para-hydroxylation sites is 1. The van der Waals surface area contributed by atoms with Crippen LogP contribution < -0.4 is 15.5 Å². The molecule has 39 heavy (non-hydrogen) atoms. The van der Waals surface area contributed by atoms with E-state index < -0.39 is 0 Å². The van der Waals surface area contributed by atoms with Gasteiger partial charge in [-0.25, -0.2) is 4.98 Å². The molecule has 1 aromatic heterocycles. The van der Waals surface area contributed by atoms with Crippen molar-refractivity contribution in [1.82, 2.24) is 10.3 Å². The van der Waals surface area contributed by atoms with Crippen LogP contribution in [0.4, 0.5) is 11.5 Å². The summed E-state index contributed by atoms with van der Waals surface area (Å²) in [6, 6.07) is 27.5. The largest absolute Gasteiger partial charge is 0.377 e. The van der Waals surface area contributed by atoms with E-state index in [9.17, 15) is 9.59 Å². The van der Waals surface area contributed by atoms with Gasteiger partial charge in [0, 0.05) is 54.4 Å². The van der Waals surface area contributed by atoms with E-state index in [0.29, 0.717) is 17.2 Å². The van der Waals surface area contributed by atoms with E-state index in [0.717, 1.165) is 53.7 Å². The molecule has 0 radical (unpaired) electrons. The fourth-order valence-corrected chi connectivity index (χ4v) is 5.38. The van der Waals surface area contributed by atoms with E-state index in [2.05, 4.69) is 41.8 Å². The lowest BCUT2D eigenvalue weighted by atomic mass is 9.90. The van der Waals surface area contributed by atoms with Gasteiger partial charge in [-0.1, -0.05) is 66.7 Å². The predicted octanol–water partition coefficient (Wildman–Crippen LogP) is 6.17. The Hall–Kier alpha value is -4.19. The molecule has 200 valence electrons. The summed E-state index contributed by atoms with van der Waals surface area (Å²) in [6.45, 7) is 1.91. The number of nitrogens with one attached hydrogen (secondary N) is 2. The van der Waals surface area contributed by atoms with E-state index in [1.165, 1.54) is 0 Å². The Balaban J connectivity index is 1.17. The molecule has 1 atom stereocenters. The Kier molecular flexibility index (Phi) is 7.92. The van der Waals surface area contributed by atoms with Crippen LogP contribution in [0.3, 0.4) is 0 Å². The first-order valence-corrected chi connectivity index (χ1v) is 13.7. The second kappa shape index (κ2) is 11.7. The van der Waals surface area contributed by atoms with E-state index in [1.54, 1.807) is 0 Å². The lowest BCUT2D eigenvalue weighted by Crippen LogP contribution is -2.41. The van der Waals surface area contributed by atoms with Crippen molar-refractivity contribution in [3.63, 3.8) is 0 Å². The molecule has 1 aliphatic carbocycles. The molecule has 1 unspecified atom stereocenters. The maximum absolute atomic E-state index is 13.1. The fraction of sp³-hybridized carbons (Fsp3) is 0.303. The van der Waals surface area contributed by atoms with Crippen molar-refractivity contribution in [1.29, 1.82) is 0 Å². The first-order valence-electron chi connectivity index (χ1n) is 13.7. The number of nitrogens with zero attached hydrogens (tertiary/aromatic N) is 2. The highest BCUT2D eigenvalue weighted by Crippen LogP contribution is 2.29. The maximum Gasteiger partial charge on any atom is 0.227 e. The lowest BCUT2D eigenvalue weighted by molar-refractivity contribution is -0.123. The first-order chi connectivity index (χ1) is 18.9. The van der Waals surface area contributed by atoms with Gasteiger partial charge in [0.2, 0.25) is 5.91 Å². The number of amides is 1. The molecule has 1 amide bonds. The molecule has 4 aromatic rings. The van der Waals surface area contributed by atoms with Crippen molar-refractivity contribution in [3.8, 4) is 0 Å². The zero-order valence-electron chi connectivity index (χ0n) is 22.9.